The molecule has 5 heteroatoms. The van der Waals surface area contributed by atoms with E-state index in [-0.39, 0.29) is 24.0 Å². The molecular weight excluding hydrogens is 244 g/mol. The van der Waals surface area contributed by atoms with Crippen LogP contribution in [0.5, 0.6) is 0 Å². The van der Waals surface area contributed by atoms with E-state index in [0.29, 0.717) is 0 Å². The van der Waals surface area contributed by atoms with Crippen molar-refractivity contribution < 1.29 is 13.9 Å². The second kappa shape index (κ2) is 4.98. The van der Waals surface area contributed by atoms with E-state index < -0.39 is 0 Å². The summed E-state index contributed by atoms with van der Waals surface area (Å²) >= 11 is 0. The quantitative estimate of drug-likeness (QED) is 0.882. The van der Waals surface area contributed by atoms with Gasteiger partial charge >= 0.3 is 0 Å². The molecule has 2 aliphatic rings. The van der Waals surface area contributed by atoms with Crippen molar-refractivity contribution in [1.82, 2.24) is 10.2 Å². The lowest BCUT2D eigenvalue weighted by Gasteiger charge is -2.32. The predicted octanol–water partition coefficient (Wildman–Crippen LogP) is 0.923. The summed E-state index contributed by atoms with van der Waals surface area (Å²) in [5, 5.41) is 2.73. The van der Waals surface area contributed by atoms with Crippen LogP contribution in [0.1, 0.15) is 17.9 Å². The molecular formula is C14H20N2O3. The van der Waals surface area contributed by atoms with E-state index in [2.05, 4.69) is 10.2 Å². The third kappa shape index (κ3) is 2.53. The first-order chi connectivity index (χ1) is 9.15. The van der Waals surface area contributed by atoms with E-state index in [9.17, 15) is 4.79 Å². The van der Waals surface area contributed by atoms with Crippen LogP contribution < -0.4 is 5.32 Å². The average molecular weight is 264 g/mol. The average Bonchev–Trinajstić information content (AvgIpc) is 2.92. The van der Waals surface area contributed by atoms with Crippen LogP contribution in [0.25, 0.3) is 0 Å². The van der Waals surface area contributed by atoms with Gasteiger partial charge in [-0.2, -0.15) is 0 Å². The maximum atomic E-state index is 11.8. The summed E-state index contributed by atoms with van der Waals surface area (Å²) in [6, 6.07) is 4.00. The van der Waals surface area contributed by atoms with Crippen molar-refractivity contribution in [2.75, 3.05) is 20.1 Å². The fraction of sp³-hybridized carbons (Fsp3) is 0.643. The molecule has 0 unspecified atom stereocenters. The van der Waals surface area contributed by atoms with Crippen molar-refractivity contribution in [2.24, 2.45) is 5.92 Å². The van der Waals surface area contributed by atoms with Gasteiger partial charge in [-0.3, -0.25) is 9.69 Å². The van der Waals surface area contributed by atoms with Crippen LogP contribution >= 0.6 is 0 Å². The molecule has 2 saturated heterocycles. The number of rotatable bonds is 3. The topological polar surface area (TPSA) is 54.7 Å². The minimum atomic E-state index is -0.00154. The van der Waals surface area contributed by atoms with Gasteiger partial charge in [0.15, 0.2) is 0 Å². The van der Waals surface area contributed by atoms with Crippen molar-refractivity contribution in [3.63, 3.8) is 0 Å². The molecule has 0 spiro atoms. The molecule has 1 aromatic rings. The van der Waals surface area contributed by atoms with Gasteiger partial charge in [0.05, 0.1) is 24.7 Å². The minimum absolute atomic E-state index is 0.00154. The normalized spacial score (nSPS) is 30.5. The largest absolute Gasteiger partial charge is 0.465 e. The van der Waals surface area contributed by atoms with Crippen molar-refractivity contribution in [2.45, 2.75) is 32.1 Å². The number of nitrogens with one attached hydrogen (secondary N) is 1. The number of morpholine rings is 1. The molecule has 0 aliphatic carbocycles. The zero-order valence-electron chi connectivity index (χ0n) is 11.4. The van der Waals surface area contributed by atoms with Crippen LogP contribution in [0.3, 0.4) is 0 Å². The monoisotopic (exact) mass is 264 g/mol. The van der Waals surface area contributed by atoms with Gasteiger partial charge in [0.2, 0.25) is 5.91 Å². The summed E-state index contributed by atoms with van der Waals surface area (Å²) in [4.78, 5) is 14.1. The van der Waals surface area contributed by atoms with Gasteiger partial charge in [-0.05, 0) is 25.5 Å². The van der Waals surface area contributed by atoms with E-state index in [1.807, 2.05) is 19.1 Å². The summed E-state index contributed by atoms with van der Waals surface area (Å²) < 4.78 is 11.5. The Bertz CT molecular complexity index is 471. The van der Waals surface area contributed by atoms with Gasteiger partial charge < -0.3 is 14.5 Å². The van der Waals surface area contributed by atoms with E-state index >= 15 is 0 Å². The third-order valence-electron chi connectivity index (χ3n) is 3.99. The zero-order chi connectivity index (χ0) is 13.4. The standard InChI is InChI=1S/C14H20N2O3/c1-9-3-4-10(18-9)6-16-7-11-5-12(14(17)15-2)13(8-16)19-11/h3-4,11-13H,5-8H2,1-2H3,(H,15,17)/t11-,12+,13+/m0/s1. The smallest absolute Gasteiger partial charge is 0.225 e. The predicted molar refractivity (Wildman–Crippen MR) is 69.6 cm³/mol. The number of carbonyl (C=O) groups is 1. The summed E-state index contributed by atoms with van der Waals surface area (Å²) in [5.74, 6) is 2.02. The number of furan rings is 1. The number of hydrogen-bond donors (Lipinski definition) is 1. The number of fused-ring (bicyclic) bond motifs is 2. The van der Waals surface area contributed by atoms with Crippen LogP contribution in [0.4, 0.5) is 0 Å². The summed E-state index contributed by atoms with van der Waals surface area (Å²) in [7, 11) is 1.69. The highest BCUT2D eigenvalue weighted by atomic mass is 16.5. The van der Waals surface area contributed by atoms with Gasteiger partial charge in [0.25, 0.3) is 0 Å². The summed E-state index contributed by atoms with van der Waals surface area (Å²) in [6.07, 6.45) is 1.03. The lowest BCUT2D eigenvalue weighted by atomic mass is 10.00. The number of likely N-dealkylation sites (tertiary alicyclic amines) is 1. The Morgan fingerprint density at radius 1 is 1.47 bits per heavy atom. The van der Waals surface area contributed by atoms with Crippen LogP contribution in [-0.2, 0) is 16.1 Å². The molecule has 2 bridgehead atoms. The van der Waals surface area contributed by atoms with E-state index in [1.54, 1.807) is 7.05 Å². The van der Waals surface area contributed by atoms with Crippen molar-refractivity contribution in [1.29, 1.82) is 0 Å². The molecule has 3 heterocycles. The molecule has 3 rings (SSSR count). The fourth-order valence-electron chi connectivity index (χ4n) is 3.12. The number of aryl methyl sites for hydroxylation is 1. The Kier molecular flexibility index (Phi) is 3.33. The first-order valence-corrected chi connectivity index (χ1v) is 6.80. The summed E-state index contributed by atoms with van der Waals surface area (Å²) in [6.45, 7) is 4.43. The van der Waals surface area contributed by atoms with Crippen LogP contribution in [0.15, 0.2) is 16.5 Å². The van der Waals surface area contributed by atoms with Gasteiger partial charge in [0, 0.05) is 20.1 Å². The van der Waals surface area contributed by atoms with E-state index in [4.69, 9.17) is 9.15 Å². The lowest BCUT2D eigenvalue weighted by Crippen LogP contribution is -2.44. The number of nitrogens with zero attached hydrogens (tertiary/aromatic N) is 1. The number of ether oxygens (including phenoxy) is 1. The molecule has 0 saturated carbocycles. The van der Waals surface area contributed by atoms with E-state index in [1.165, 1.54) is 0 Å². The Hall–Kier alpha value is -1.33. The van der Waals surface area contributed by atoms with Crippen molar-refractivity contribution >= 4 is 5.91 Å². The molecule has 0 aromatic carbocycles. The highest BCUT2D eigenvalue weighted by Gasteiger charge is 2.44. The molecule has 1 amide bonds. The van der Waals surface area contributed by atoms with Gasteiger partial charge in [-0.25, -0.2) is 0 Å². The maximum absolute atomic E-state index is 11.8. The highest BCUT2D eigenvalue weighted by molar-refractivity contribution is 5.79. The Morgan fingerprint density at radius 3 is 3.00 bits per heavy atom. The first kappa shape index (κ1) is 12.7. The second-order valence-electron chi connectivity index (χ2n) is 5.46. The van der Waals surface area contributed by atoms with Gasteiger partial charge in [-0.15, -0.1) is 0 Å². The maximum Gasteiger partial charge on any atom is 0.225 e. The Labute approximate surface area is 112 Å². The number of carbonyl (C=O) groups excluding carboxylic acids is 1. The SMILES string of the molecule is CNC(=O)[C@@H]1C[C@H]2CN(Cc3ccc(C)o3)C[C@H]1O2. The minimum Gasteiger partial charge on any atom is -0.465 e. The number of hydrogen-bond acceptors (Lipinski definition) is 4. The van der Waals surface area contributed by atoms with Gasteiger partial charge in [-0.1, -0.05) is 0 Å². The van der Waals surface area contributed by atoms with Crippen LogP contribution in [-0.4, -0.2) is 43.2 Å². The molecule has 2 fully saturated rings. The van der Waals surface area contributed by atoms with Crippen molar-refractivity contribution in [3.8, 4) is 0 Å². The van der Waals surface area contributed by atoms with Crippen molar-refractivity contribution in [3.05, 3.63) is 23.7 Å². The second-order valence-corrected chi connectivity index (χ2v) is 5.46. The first-order valence-electron chi connectivity index (χ1n) is 6.80. The molecule has 0 radical (unpaired) electrons. The highest BCUT2D eigenvalue weighted by Crippen LogP contribution is 2.32. The molecule has 1 N–H and O–H groups in total. The van der Waals surface area contributed by atoms with Crippen LogP contribution in [0.2, 0.25) is 0 Å². The van der Waals surface area contributed by atoms with Gasteiger partial charge in [0.1, 0.15) is 11.5 Å². The lowest BCUT2D eigenvalue weighted by molar-refractivity contribution is -0.127. The Morgan fingerprint density at radius 2 is 2.32 bits per heavy atom. The number of amides is 1. The molecule has 19 heavy (non-hydrogen) atoms. The molecule has 3 atom stereocenters. The molecule has 5 nitrogen and oxygen atoms in total. The molecule has 104 valence electrons. The summed E-state index contributed by atoms with van der Waals surface area (Å²) in [5.41, 5.74) is 0. The zero-order valence-corrected chi connectivity index (χ0v) is 11.4. The third-order valence-corrected chi connectivity index (χ3v) is 3.99. The Balaban J connectivity index is 1.64. The fourth-order valence-corrected chi connectivity index (χ4v) is 3.12. The molecule has 1 aromatic heterocycles. The van der Waals surface area contributed by atoms with Crippen LogP contribution in [0, 0.1) is 12.8 Å². The molecule has 2 aliphatic heterocycles. The van der Waals surface area contributed by atoms with E-state index in [0.717, 1.165) is 37.6 Å².